The number of aryl methyl sites for hydroxylation is 2. The Bertz CT molecular complexity index is 1080. The Balaban J connectivity index is 1.66. The van der Waals surface area contributed by atoms with Crippen molar-refractivity contribution in [3.63, 3.8) is 0 Å². The van der Waals surface area contributed by atoms with Crippen LogP contribution in [-0.4, -0.2) is 26.1 Å². The molecule has 4 rings (SSSR count). The molecule has 150 valence electrons. The van der Waals surface area contributed by atoms with Gasteiger partial charge in [0.05, 0.1) is 10.2 Å². The van der Waals surface area contributed by atoms with Crippen LogP contribution in [0.1, 0.15) is 57.2 Å². The maximum absolute atomic E-state index is 13.0. The van der Waals surface area contributed by atoms with E-state index < -0.39 is 0 Å². The average molecular weight is 401 g/mol. The van der Waals surface area contributed by atoms with Gasteiger partial charge in [0.1, 0.15) is 17.9 Å². The molecule has 1 aliphatic carbocycles. The van der Waals surface area contributed by atoms with Crippen molar-refractivity contribution in [1.82, 2.24) is 19.5 Å². The minimum atomic E-state index is -0.203. The van der Waals surface area contributed by atoms with Gasteiger partial charge in [-0.15, -0.1) is 11.3 Å². The molecule has 0 saturated heterocycles. The van der Waals surface area contributed by atoms with E-state index in [1.165, 1.54) is 16.0 Å². The van der Waals surface area contributed by atoms with Crippen molar-refractivity contribution < 1.29 is 4.79 Å². The standard InChI is InChI=1S/C21H28N4O2S/c1-4-14-10-16-18(28-14)11-17-21(27)24(23-19(5-2)25(16)17)12-20(26)22-15-9-7-6-8-13(15)3/h10-11,13,15H,4-9,12H2,1-3H3,(H,22,26)/t13-,15+/m1/s1. The first-order chi connectivity index (χ1) is 13.5. The van der Waals surface area contributed by atoms with Gasteiger partial charge in [-0.3, -0.25) is 14.0 Å². The lowest BCUT2D eigenvalue weighted by Gasteiger charge is -2.29. The Morgan fingerprint density at radius 2 is 2.00 bits per heavy atom. The number of hydrogen-bond donors (Lipinski definition) is 1. The normalized spacial score (nSPS) is 20.1. The monoisotopic (exact) mass is 400 g/mol. The van der Waals surface area contributed by atoms with Crippen LogP contribution >= 0.6 is 11.3 Å². The number of amides is 1. The SMILES string of the molecule is CCc1cc2c(cc3c(=O)n(CC(=O)N[C@H]4CCCC[C@H]4C)nc(CC)n32)s1. The van der Waals surface area contributed by atoms with Crippen LogP contribution in [-0.2, 0) is 24.2 Å². The molecule has 0 unspecified atom stereocenters. The van der Waals surface area contributed by atoms with Crippen molar-refractivity contribution in [2.75, 3.05) is 0 Å². The van der Waals surface area contributed by atoms with Gasteiger partial charge in [-0.25, -0.2) is 4.68 Å². The Morgan fingerprint density at radius 1 is 1.21 bits per heavy atom. The molecule has 3 aromatic heterocycles. The zero-order valence-electron chi connectivity index (χ0n) is 16.8. The summed E-state index contributed by atoms with van der Waals surface area (Å²) in [5.74, 6) is 1.17. The minimum absolute atomic E-state index is 0.0232. The van der Waals surface area contributed by atoms with Crippen LogP contribution in [0.5, 0.6) is 0 Å². The van der Waals surface area contributed by atoms with Crippen molar-refractivity contribution in [1.29, 1.82) is 0 Å². The van der Waals surface area contributed by atoms with Gasteiger partial charge in [0.2, 0.25) is 5.91 Å². The van der Waals surface area contributed by atoms with Crippen LogP contribution in [0.25, 0.3) is 15.7 Å². The molecule has 0 radical (unpaired) electrons. The third kappa shape index (κ3) is 3.36. The van der Waals surface area contributed by atoms with E-state index in [0.29, 0.717) is 17.9 Å². The Morgan fingerprint density at radius 3 is 2.71 bits per heavy atom. The van der Waals surface area contributed by atoms with Crippen LogP contribution < -0.4 is 10.9 Å². The molecule has 1 saturated carbocycles. The lowest BCUT2D eigenvalue weighted by atomic mass is 9.86. The van der Waals surface area contributed by atoms with Gasteiger partial charge < -0.3 is 5.32 Å². The van der Waals surface area contributed by atoms with Gasteiger partial charge >= 0.3 is 0 Å². The number of nitrogens with zero attached hydrogens (tertiary/aromatic N) is 3. The van der Waals surface area contributed by atoms with Crippen molar-refractivity contribution in [2.24, 2.45) is 5.92 Å². The molecule has 0 aromatic carbocycles. The zero-order valence-corrected chi connectivity index (χ0v) is 17.6. The Kier molecular flexibility index (Phi) is 5.27. The highest BCUT2D eigenvalue weighted by Crippen LogP contribution is 2.29. The van der Waals surface area contributed by atoms with Gasteiger partial charge in [-0.2, -0.15) is 5.10 Å². The second-order valence-electron chi connectivity index (χ2n) is 7.85. The minimum Gasteiger partial charge on any atom is -0.351 e. The Hall–Kier alpha value is -2.15. The number of rotatable bonds is 5. The number of aromatic nitrogens is 3. The first-order valence-electron chi connectivity index (χ1n) is 10.3. The summed E-state index contributed by atoms with van der Waals surface area (Å²) in [6, 6.07) is 4.30. The van der Waals surface area contributed by atoms with Crippen LogP contribution in [0.4, 0.5) is 0 Å². The lowest BCUT2D eigenvalue weighted by molar-refractivity contribution is -0.123. The van der Waals surface area contributed by atoms with Crippen LogP contribution in [0.3, 0.4) is 0 Å². The van der Waals surface area contributed by atoms with E-state index in [9.17, 15) is 9.59 Å². The lowest BCUT2D eigenvalue weighted by Crippen LogP contribution is -2.44. The number of thiophene rings is 1. The largest absolute Gasteiger partial charge is 0.351 e. The van der Waals surface area contributed by atoms with Crippen molar-refractivity contribution in [2.45, 2.75) is 71.9 Å². The van der Waals surface area contributed by atoms with Gasteiger partial charge in [0, 0.05) is 17.3 Å². The molecule has 0 bridgehead atoms. The van der Waals surface area contributed by atoms with Crippen LogP contribution in [0.15, 0.2) is 16.9 Å². The molecule has 1 fully saturated rings. The summed E-state index contributed by atoms with van der Waals surface area (Å²) in [6.45, 7) is 6.33. The molecule has 2 atom stereocenters. The van der Waals surface area contributed by atoms with Crippen LogP contribution in [0, 0.1) is 5.92 Å². The summed E-state index contributed by atoms with van der Waals surface area (Å²) in [7, 11) is 0. The summed E-state index contributed by atoms with van der Waals surface area (Å²) >= 11 is 1.72. The van der Waals surface area contributed by atoms with Gasteiger partial charge in [0.15, 0.2) is 0 Å². The molecule has 28 heavy (non-hydrogen) atoms. The average Bonchev–Trinajstić information content (AvgIpc) is 3.24. The molecule has 1 N–H and O–H groups in total. The summed E-state index contributed by atoms with van der Waals surface area (Å²) in [6.07, 6.45) is 6.22. The van der Waals surface area contributed by atoms with Crippen LogP contribution in [0.2, 0.25) is 0 Å². The molecule has 1 amide bonds. The zero-order chi connectivity index (χ0) is 19.8. The second-order valence-corrected chi connectivity index (χ2v) is 9.02. The van der Waals surface area contributed by atoms with Crippen molar-refractivity contribution in [3.05, 3.63) is 33.2 Å². The number of hydrogen-bond acceptors (Lipinski definition) is 4. The topological polar surface area (TPSA) is 68.4 Å². The van der Waals surface area contributed by atoms with E-state index >= 15 is 0 Å². The van der Waals surface area contributed by atoms with E-state index in [2.05, 4.69) is 30.3 Å². The number of carbonyl (C=O) groups is 1. The van der Waals surface area contributed by atoms with E-state index in [1.807, 2.05) is 17.4 Å². The molecule has 1 aliphatic rings. The number of carbonyl (C=O) groups excluding carboxylic acids is 1. The molecule has 3 aromatic rings. The number of nitrogens with one attached hydrogen (secondary N) is 1. The van der Waals surface area contributed by atoms with E-state index in [0.717, 1.165) is 41.7 Å². The molecular weight excluding hydrogens is 372 g/mol. The third-order valence-corrected chi connectivity index (χ3v) is 7.12. The van der Waals surface area contributed by atoms with Gasteiger partial charge in [-0.1, -0.05) is 33.6 Å². The molecule has 3 heterocycles. The first kappa shape index (κ1) is 19.2. The van der Waals surface area contributed by atoms with Gasteiger partial charge in [-0.05, 0) is 37.3 Å². The second kappa shape index (κ2) is 7.70. The molecule has 7 heteroatoms. The predicted molar refractivity (Wildman–Crippen MR) is 113 cm³/mol. The fourth-order valence-corrected chi connectivity index (χ4v) is 5.29. The summed E-state index contributed by atoms with van der Waals surface area (Å²) in [5, 5.41) is 7.66. The molecule has 0 spiro atoms. The maximum Gasteiger partial charge on any atom is 0.291 e. The Labute approximate surface area is 168 Å². The van der Waals surface area contributed by atoms with E-state index in [-0.39, 0.29) is 24.1 Å². The fourth-order valence-electron chi connectivity index (χ4n) is 4.27. The molecule has 6 nitrogen and oxygen atoms in total. The van der Waals surface area contributed by atoms with Crippen molar-refractivity contribution in [3.8, 4) is 0 Å². The quantitative estimate of drug-likeness (QED) is 0.712. The van der Waals surface area contributed by atoms with E-state index in [1.54, 1.807) is 11.3 Å². The highest BCUT2D eigenvalue weighted by atomic mass is 32.1. The third-order valence-electron chi connectivity index (χ3n) is 5.90. The molecular formula is C21H28N4O2S. The highest BCUT2D eigenvalue weighted by molar-refractivity contribution is 7.19. The smallest absolute Gasteiger partial charge is 0.291 e. The fraction of sp³-hybridized carbons (Fsp3) is 0.571. The maximum atomic E-state index is 13.0. The van der Waals surface area contributed by atoms with E-state index in [4.69, 9.17) is 0 Å². The first-order valence-corrected chi connectivity index (χ1v) is 11.2. The van der Waals surface area contributed by atoms with Gasteiger partial charge in [0.25, 0.3) is 5.56 Å². The summed E-state index contributed by atoms with van der Waals surface area (Å²) in [5.41, 5.74) is 1.45. The predicted octanol–water partition coefficient (Wildman–Crippen LogP) is 3.53. The number of fused-ring (bicyclic) bond motifs is 3. The molecule has 0 aliphatic heterocycles. The van der Waals surface area contributed by atoms with Crippen molar-refractivity contribution >= 4 is 33.0 Å². The summed E-state index contributed by atoms with van der Waals surface area (Å²) in [4.78, 5) is 26.9. The highest BCUT2D eigenvalue weighted by Gasteiger charge is 2.23. The summed E-state index contributed by atoms with van der Waals surface area (Å²) < 4.78 is 4.40.